The zero-order valence-corrected chi connectivity index (χ0v) is 12.0. The van der Waals surface area contributed by atoms with E-state index in [1.165, 1.54) is 0 Å². The topological polar surface area (TPSA) is 95.5 Å². The summed E-state index contributed by atoms with van der Waals surface area (Å²) in [7, 11) is 0. The van der Waals surface area contributed by atoms with E-state index in [4.69, 9.17) is 0 Å². The van der Waals surface area contributed by atoms with Crippen LogP contribution in [0.1, 0.15) is 15.9 Å². The van der Waals surface area contributed by atoms with Crippen LogP contribution in [0.3, 0.4) is 0 Å². The van der Waals surface area contributed by atoms with Crippen LogP contribution in [-0.2, 0) is 9.59 Å². The Morgan fingerprint density at radius 2 is 1.30 bits per heavy atom. The summed E-state index contributed by atoms with van der Waals surface area (Å²) in [5.74, 6) is -2.93. The van der Waals surface area contributed by atoms with Gasteiger partial charge in [0, 0.05) is 17.2 Å². The molecular weight excluding hydrogens is 296 g/mol. The fourth-order valence-electron chi connectivity index (χ4n) is 1.72. The van der Waals surface area contributed by atoms with Crippen LogP contribution >= 0.6 is 0 Å². The quantitative estimate of drug-likeness (QED) is 0.346. The van der Waals surface area contributed by atoms with Gasteiger partial charge in [-0.2, -0.15) is 0 Å². The normalized spacial score (nSPS) is 10.7. The monoisotopic (exact) mass is 310 g/mol. The number of carbonyl (C=O) groups is 3. The highest BCUT2D eigenvalue weighted by molar-refractivity contribution is 6.41. The van der Waals surface area contributed by atoms with Gasteiger partial charge in [0.25, 0.3) is 5.91 Å². The molecule has 6 heteroatoms. The van der Waals surface area contributed by atoms with Crippen molar-refractivity contribution in [3.8, 4) is 0 Å². The number of aliphatic hydroxyl groups excluding tert-OH is 1. The van der Waals surface area contributed by atoms with Crippen molar-refractivity contribution in [3.63, 3.8) is 0 Å². The van der Waals surface area contributed by atoms with Gasteiger partial charge in [-0.1, -0.05) is 48.5 Å². The number of ketones is 1. The molecule has 6 nitrogen and oxygen atoms in total. The summed E-state index contributed by atoms with van der Waals surface area (Å²) in [6, 6.07) is 16.5. The zero-order valence-electron chi connectivity index (χ0n) is 12.0. The van der Waals surface area contributed by atoms with Gasteiger partial charge in [0.05, 0.1) is 0 Å². The number of carbonyl (C=O) groups excluding carboxylic acids is 3. The lowest BCUT2D eigenvalue weighted by atomic mass is 10.1. The van der Waals surface area contributed by atoms with Crippen molar-refractivity contribution >= 4 is 23.4 Å². The van der Waals surface area contributed by atoms with Crippen molar-refractivity contribution in [3.05, 3.63) is 77.9 Å². The van der Waals surface area contributed by atoms with Crippen LogP contribution < -0.4 is 10.9 Å². The third kappa shape index (κ3) is 4.53. The lowest BCUT2D eigenvalue weighted by Gasteiger charge is -2.05. The molecule has 0 saturated heterocycles. The first-order valence-electron chi connectivity index (χ1n) is 6.73. The van der Waals surface area contributed by atoms with Crippen molar-refractivity contribution in [2.24, 2.45) is 0 Å². The van der Waals surface area contributed by atoms with Gasteiger partial charge >= 0.3 is 5.91 Å². The molecule has 2 aromatic carbocycles. The average Bonchev–Trinajstić information content (AvgIpc) is 2.60. The van der Waals surface area contributed by atoms with E-state index in [-0.39, 0.29) is 5.76 Å². The Morgan fingerprint density at radius 3 is 1.87 bits per heavy atom. The van der Waals surface area contributed by atoms with Crippen LogP contribution in [0.25, 0.3) is 5.76 Å². The van der Waals surface area contributed by atoms with Crippen LogP contribution in [0.2, 0.25) is 0 Å². The maximum Gasteiger partial charge on any atom is 0.310 e. The van der Waals surface area contributed by atoms with E-state index in [0.717, 1.165) is 6.08 Å². The molecular formula is C17H14N2O4. The van der Waals surface area contributed by atoms with Gasteiger partial charge in [0.1, 0.15) is 5.76 Å². The molecule has 0 radical (unpaired) electrons. The van der Waals surface area contributed by atoms with E-state index in [2.05, 4.69) is 5.43 Å². The molecule has 0 heterocycles. The number of aliphatic hydroxyl groups is 1. The maximum atomic E-state index is 11.7. The maximum absolute atomic E-state index is 11.7. The van der Waals surface area contributed by atoms with E-state index in [1.54, 1.807) is 60.7 Å². The van der Waals surface area contributed by atoms with E-state index >= 15 is 0 Å². The predicted octanol–water partition coefficient (Wildman–Crippen LogP) is 1.62. The molecule has 2 aromatic rings. The second-order valence-corrected chi connectivity index (χ2v) is 4.53. The van der Waals surface area contributed by atoms with Crippen LogP contribution in [0.4, 0.5) is 0 Å². The molecule has 23 heavy (non-hydrogen) atoms. The molecule has 0 aliphatic heterocycles. The lowest BCUT2D eigenvalue weighted by Crippen LogP contribution is -2.44. The fraction of sp³-hybridized carbons (Fsp3) is 0. The van der Waals surface area contributed by atoms with Gasteiger partial charge in [0.15, 0.2) is 0 Å². The molecule has 0 fully saturated rings. The highest BCUT2D eigenvalue weighted by Crippen LogP contribution is 2.09. The minimum Gasteiger partial charge on any atom is -0.507 e. The smallest absolute Gasteiger partial charge is 0.310 e. The number of rotatable bonds is 4. The Hall–Kier alpha value is -3.41. The zero-order chi connectivity index (χ0) is 16.7. The second-order valence-electron chi connectivity index (χ2n) is 4.53. The van der Waals surface area contributed by atoms with Gasteiger partial charge in [-0.05, 0) is 12.1 Å². The first-order valence-corrected chi connectivity index (χ1v) is 6.73. The third-order valence-electron chi connectivity index (χ3n) is 2.89. The second kappa shape index (κ2) is 7.56. The van der Waals surface area contributed by atoms with Crippen LogP contribution in [0.15, 0.2) is 66.7 Å². The molecule has 116 valence electrons. The van der Waals surface area contributed by atoms with Crippen molar-refractivity contribution in [2.75, 3.05) is 0 Å². The Bertz CT molecular complexity index is 740. The summed E-state index contributed by atoms with van der Waals surface area (Å²) in [5, 5.41) is 9.77. The lowest BCUT2D eigenvalue weighted by molar-refractivity contribution is -0.135. The molecule has 0 aromatic heterocycles. The fourth-order valence-corrected chi connectivity index (χ4v) is 1.72. The highest BCUT2D eigenvalue weighted by atomic mass is 16.3. The Kier molecular flexibility index (Phi) is 5.25. The average molecular weight is 310 g/mol. The van der Waals surface area contributed by atoms with Crippen LogP contribution in [-0.4, -0.2) is 22.7 Å². The predicted molar refractivity (Wildman–Crippen MR) is 84.1 cm³/mol. The van der Waals surface area contributed by atoms with E-state index in [9.17, 15) is 19.5 Å². The minimum atomic E-state index is -1.06. The van der Waals surface area contributed by atoms with E-state index in [1.807, 2.05) is 5.43 Å². The first-order chi connectivity index (χ1) is 11.1. The largest absolute Gasteiger partial charge is 0.507 e. The van der Waals surface area contributed by atoms with Crippen LogP contribution in [0.5, 0.6) is 0 Å². The van der Waals surface area contributed by atoms with E-state index in [0.29, 0.717) is 11.1 Å². The van der Waals surface area contributed by atoms with E-state index < -0.39 is 17.6 Å². The van der Waals surface area contributed by atoms with Crippen molar-refractivity contribution in [1.29, 1.82) is 0 Å². The molecule has 0 spiro atoms. The number of hydrogen-bond acceptors (Lipinski definition) is 4. The summed E-state index contributed by atoms with van der Waals surface area (Å²) in [6.07, 6.45) is 0.791. The Morgan fingerprint density at radius 1 is 0.783 bits per heavy atom. The number of nitrogens with one attached hydrogen (secondary N) is 2. The van der Waals surface area contributed by atoms with Gasteiger partial charge in [-0.25, -0.2) is 0 Å². The number of hydrazine groups is 1. The van der Waals surface area contributed by atoms with Gasteiger partial charge in [-0.15, -0.1) is 0 Å². The molecule has 2 rings (SSSR count). The SMILES string of the molecule is O=C(C=C(O)c1ccccc1)C(=O)NNC(=O)c1ccccc1. The minimum absolute atomic E-state index is 0.333. The molecule has 0 unspecified atom stereocenters. The number of benzene rings is 2. The summed E-state index contributed by atoms with van der Waals surface area (Å²) < 4.78 is 0. The summed E-state index contributed by atoms with van der Waals surface area (Å²) in [6.45, 7) is 0. The molecule has 0 saturated carbocycles. The third-order valence-corrected chi connectivity index (χ3v) is 2.89. The van der Waals surface area contributed by atoms with Gasteiger partial charge in [-0.3, -0.25) is 25.2 Å². The number of hydrogen-bond donors (Lipinski definition) is 3. The summed E-state index contributed by atoms with van der Waals surface area (Å²) in [5.41, 5.74) is 4.86. The first kappa shape index (κ1) is 16.0. The molecule has 0 atom stereocenters. The molecule has 0 aliphatic rings. The highest BCUT2D eigenvalue weighted by Gasteiger charge is 2.14. The molecule has 0 bridgehead atoms. The van der Waals surface area contributed by atoms with Crippen molar-refractivity contribution in [1.82, 2.24) is 10.9 Å². The molecule has 3 N–H and O–H groups in total. The van der Waals surface area contributed by atoms with Crippen molar-refractivity contribution in [2.45, 2.75) is 0 Å². The van der Waals surface area contributed by atoms with Crippen LogP contribution in [0, 0.1) is 0 Å². The van der Waals surface area contributed by atoms with Gasteiger partial charge in [0.2, 0.25) is 5.78 Å². The Labute approximate surface area is 132 Å². The van der Waals surface area contributed by atoms with Crippen molar-refractivity contribution < 1.29 is 19.5 Å². The molecule has 2 amide bonds. The van der Waals surface area contributed by atoms with Gasteiger partial charge < -0.3 is 5.11 Å². The molecule has 0 aliphatic carbocycles. The standard InChI is InChI=1S/C17H14N2O4/c20-14(12-7-3-1-4-8-12)11-15(21)17(23)19-18-16(22)13-9-5-2-6-10-13/h1-11,20H,(H,18,22)(H,19,23). The summed E-state index contributed by atoms with van der Waals surface area (Å²) in [4.78, 5) is 35.0. The summed E-state index contributed by atoms with van der Waals surface area (Å²) >= 11 is 0. The number of amides is 2. The Balaban J connectivity index is 1.93.